The maximum atomic E-state index is 11.2. The van der Waals surface area contributed by atoms with Crippen molar-refractivity contribution in [2.24, 2.45) is 10.4 Å². The number of hydrogen-bond donors (Lipinski definition) is 2. The first-order valence-electron chi connectivity index (χ1n) is 9.38. The van der Waals surface area contributed by atoms with E-state index in [0.717, 1.165) is 23.5 Å². The largest absolute Gasteiger partial charge is 0.478 e. The second-order valence-corrected chi connectivity index (χ2v) is 7.47. The lowest BCUT2D eigenvalue weighted by molar-refractivity contribution is 0.0696. The number of aliphatic imine (C=N–C) groups is 1. The Morgan fingerprint density at radius 1 is 1.08 bits per heavy atom. The zero-order chi connectivity index (χ0) is 18.0. The summed E-state index contributed by atoms with van der Waals surface area (Å²) in [6.07, 6.45) is 7.18. The Hall–Kier alpha value is -2.62. The van der Waals surface area contributed by atoms with Crippen LogP contribution in [0, 0.1) is 5.41 Å². The Morgan fingerprint density at radius 2 is 1.88 bits per heavy atom. The highest BCUT2D eigenvalue weighted by Gasteiger charge is 2.40. The van der Waals surface area contributed by atoms with Crippen LogP contribution in [0.3, 0.4) is 0 Å². The van der Waals surface area contributed by atoms with Gasteiger partial charge >= 0.3 is 5.97 Å². The van der Waals surface area contributed by atoms with E-state index in [9.17, 15) is 9.90 Å². The molecule has 0 aromatic heterocycles. The van der Waals surface area contributed by atoms with Gasteiger partial charge in [0, 0.05) is 11.1 Å². The van der Waals surface area contributed by atoms with Crippen LogP contribution in [0.25, 0.3) is 0 Å². The van der Waals surface area contributed by atoms with E-state index >= 15 is 0 Å². The summed E-state index contributed by atoms with van der Waals surface area (Å²) in [7, 11) is 0. The quantitative estimate of drug-likeness (QED) is 0.829. The van der Waals surface area contributed by atoms with E-state index in [2.05, 4.69) is 29.6 Å². The van der Waals surface area contributed by atoms with Gasteiger partial charge in [-0.05, 0) is 48.6 Å². The number of benzene rings is 2. The highest BCUT2D eigenvalue weighted by atomic mass is 16.4. The number of fused-ring (bicyclic) bond motifs is 1. The topological polar surface area (TPSA) is 61.7 Å². The van der Waals surface area contributed by atoms with Crippen LogP contribution in [-0.4, -0.2) is 16.9 Å². The Balaban J connectivity index is 1.65. The van der Waals surface area contributed by atoms with Gasteiger partial charge in [0.2, 0.25) is 0 Å². The summed E-state index contributed by atoms with van der Waals surface area (Å²) in [6, 6.07) is 15.6. The zero-order valence-corrected chi connectivity index (χ0v) is 14.9. The SMILES string of the molecule is O=C(O)c1cccc(CN=C2Nc3ccccc3CC23CCCCC3)c1. The van der Waals surface area contributed by atoms with Gasteiger partial charge in [0.25, 0.3) is 0 Å². The van der Waals surface area contributed by atoms with E-state index in [1.54, 1.807) is 18.2 Å². The number of carboxylic acids is 1. The summed E-state index contributed by atoms with van der Waals surface area (Å²) in [4.78, 5) is 16.1. The monoisotopic (exact) mass is 348 g/mol. The molecular weight excluding hydrogens is 324 g/mol. The summed E-state index contributed by atoms with van der Waals surface area (Å²) in [6.45, 7) is 0.507. The molecule has 0 unspecified atom stereocenters. The number of anilines is 1. The molecule has 1 aliphatic carbocycles. The third kappa shape index (κ3) is 3.24. The van der Waals surface area contributed by atoms with Gasteiger partial charge in [-0.25, -0.2) is 4.79 Å². The average molecular weight is 348 g/mol. The van der Waals surface area contributed by atoms with Gasteiger partial charge < -0.3 is 10.4 Å². The second kappa shape index (κ2) is 6.94. The molecule has 0 atom stereocenters. The number of para-hydroxylation sites is 1. The molecule has 0 bridgehead atoms. The van der Waals surface area contributed by atoms with Crippen LogP contribution < -0.4 is 5.32 Å². The molecule has 2 aromatic carbocycles. The third-order valence-electron chi connectivity index (χ3n) is 5.71. The van der Waals surface area contributed by atoms with Crippen molar-refractivity contribution in [3.8, 4) is 0 Å². The smallest absolute Gasteiger partial charge is 0.335 e. The van der Waals surface area contributed by atoms with Gasteiger partial charge in [-0.3, -0.25) is 4.99 Å². The van der Waals surface area contributed by atoms with Crippen molar-refractivity contribution in [1.82, 2.24) is 0 Å². The molecule has 4 rings (SSSR count). The van der Waals surface area contributed by atoms with Gasteiger partial charge in [-0.1, -0.05) is 49.6 Å². The Bertz CT molecular complexity index is 851. The van der Waals surface area contributed by atoms with Gasteiger partial charge in [0.1, 0.15) is 5.84 Å². The molecular formula is C22H24N2O2. The fraction of sp³-hybridized carbons (Fsp3) is 0.364. The van der Waals surface area contributed by atoms with Gasteiger partial charge in [-0.15, -0.1) is 0 Å². The molecule has 4 nitrogen and oxygen atoms in total. The molecule has 1 saturated carbocycles. The Morgan fingerprint density at radius 3 is 2.69 bits per heavy atom. The van der Waals surface area contributed by atoms with E-state index in [1.807, 2.05) is 6.07 Å². The highest BCUT2D eigenvalue weighted by Crippen LogP contribution is 2.45. The van der Waals surface area contributed by atoms with Crippen molar-refractivity contribution in [1.29, 1.82) is 0 Å². The van der Waals surface area contributed by atoms with E-state index in [0.29, 0.717) is 12.1 Å². The van der Waals surface area contributed by atoms with E-state index < -0.39 is 5.97 Å². The van der Waals surface area contributed by atoms with Crippen LogP contribution in [0.2, 0.25) is 0 Å². The van der Waals surface area contributed by atoms with Gasteiger partial charge in [0.05, 0.1) is 12.1 Å². The maximum absolute atomic E-state index is 11.2. The number of hydrogen-bond acceptors (Lipinski definition) is 2. The van der Waals surface area contributed by atoms with Gasteiger partial charge in [-0.2, -0.15) is 0 Å². The number of nitrogens with zero attached hydrogens (tertiary/aromatic N) is 1. The molecule has 134 valence electrons. The number of carboxylic acid groups (broad SMARTS) is 1. The normalized spacial score (nSPS) is 19.8. The zero-order valence-electron chi connectivity index (χ0n) is 14.9. The van der Waals surface area contributed by atoms with Crippen molar-refractivity contribution >= 4 is 17.5 Å². The molecule has 0 radical (unpaired) electrons. The van der Waals surface area contributed by atoms with Crippen molar-refractivity contribution in [3.63, 3.8) is 0 Å². The minimum Gasteiger partial charge on any atom is -0.478 e. The first-order chi connectivity index (χ1) is 12.7. The standard InChI is InChI=1S/C22H24N2O2/c25-20(26)17-9-6-7-16(13-17)15-23-21-22(11-4-1-5-12-22)14-18-8-2-3-10-19(18)24-21/h2-3,6-10,13H,1,4-5,11-12,14-15H2,(H,23,24)(H,25,26). The molecule has 1 spiro atoms. The molecule has 0 saturated heterocycles. The van der Waals surface area contributed by atoms with Crippen LogP contribution in [0.1, 0.15) is 53.6 Å². The summed E-state index contributed by atoms with van der Waals surface area (Å²) < 4.78 is 0. The molecule has 26 heavy (non-hydrogen) atoms. The number of amidine groups is 1. The van der Waals surface area contributed by atoms with Crippen molar-refractivity contribution < 1.29 is 9.90 Å². The van der Waals surface area contributed by atoms with Crippen molar-refractivity contribution in [2.75, 3.05) is 5.32 Å². The van der Waals surface area contributed by atoms with Gasteiger partial charge in [0.15, 0.2) is 0 Å². The first-order valence-corrected chi connectivity index (χ1v) is 9.38. The van der Waals surface area contributed by atoms with E-state index in [1.165, 1.54) is 37.7 Å². The van der Waals surface area contributed by atoms with Crippen LogP contribution >= 0.6 is 0 Å². The molecule has 1 heterocycles. The predicted molar refractivity (Wildman–Crippen MR) is 104 cm³/mol. The van der Waals surface area contributed by atoms with Crippen LogP contribution in [-0.2, 0) is 13.0 Å². The van der Waals surface area contributed by atoms with E-state index in [4.69, 9.17) is 4.99 Å². The van der Waals surface area contributed by atoms with Crippen LogP contribution in [0.4, 0.5) is 5.69 Å². The Kier molecular flexibility index (Phi) is 4.49. The van der Waals surface area contributed by atoms with Crippen molar-refractivity contribution in [3.05, 3.63) is 65.2 Å². The summed E-state index contributed by atoms with van der Waals surface area (Å²) in [5.41, 5.74) is 3.89. The number of nitrogens with one attached hydrogen (secondary N) is 1. The number of aromatic carboxylic acids is 1. The van der Waals surface area contributed by atoms with E-state index in [-0.39, 0.29) is 5.41 Å². The fourth-order valence-electron chi connectivity index (χ4n) is 4.33. The fourth-order valence-corrected chi connectivity index (χ4v) is 4.33. The Labute approximate surface area is 154 Å². The average Bonchev–Trinajstić information content (AvgIpc) is 2.67. The molecule has 2 aromatic rings. The number of carbonyl (C=O) groups is 1. The van der Waals surface area contributed by atoms with Crippen molar-refractivity contribution in [2.45, 2.75) is 45.1 Å². The predicted octanol–water partition coefficient (Wildman–Crippen LogP) is 4.90. The third-order valence-corrected chi connectivity index (χ3v) is 5.71. The summed E-state index contributed by atoms with van der Waals surface area (Å²) in [5.74, 6) is 0.185. The minimum atomic E-state index is -0.895. The first kappa shape index (κ1) is 16.8. The number of rotatable bonds is 3. The molecule has 4 heteroatoms. The lowest BCUT2D eigenvalue weighted by Crippen LogP contribution is -2.43. The molecule has 2 aliphatic rings. The molecule has 1 aliphatic heterocycles. The molecule has 0 amide bonds. The van der Waals surface area contributed by atoms with Crippen LogP contribution in [0.5, 0.6) is 0 Å². The lowest BCUT2D eigenvalue weighted by Gasteiger charge is -2.42. The summed E-state index contributed by atoms with van der Waals surface area (Å²) >= 11 is 0. The minimum absolute atomic E-state index is 0.108. The highest BCUT2D eigenvalue weighted by molar-refractivity contribution is 6.02. The van der Waals surface area contributed by atoms with Crippen LogP contribution in [0.15, 0.2) is 53.5 Å². The second-order valence-electron chi connectivity index (χ2n) is 7.47. The lowest BCUT2D eigenvalue weighted by atomic mass is 9.67. The molecule has 2 N–H and O–H groups in total. The summed E-state index contributed by atoms with van der Waals surface area (Å²) in [5, 5.41) is 12.8. The maximum Gasteiger partial charge on any atom is 0.335 e. The molecule has 1 fully saturated rings.